The van der Waals surface area contributed by atoms with Gasteiger partial charge in [-0.05, 0) is 48.9 Å². The predicted molar refractivity (Wildman–Crippen MR) is 94.6 cm³/mol. The lowest BCUT2D eigenvalue weighted by atomic mass is 10.1. The van der Waals surface area contributed by atoms with Crippen LogP contribution in [0.5, 0.6) is 0 Å². The summed E-state index contributed by atoms with van der Waals surface area (Å²) in [6.07, 6.45) is -4.57. The van der Waals surface area contributed by atoms with Crippen molar-refractivity contribution in [2.24, 2.45) is 0 Å². The van der Waals surface area contributed by atoms with Crippen molar-refractivity contribution < 1.29 is 35.2 Å². The molecule has 158 valence electrons. The molecule has 0 heterocycles. The third-order valence-corrected chi connectivity index (χ3v) is 6.16. The van der Waals surface area contributed by atoms with E-state index in [9.17, 15) is 35.2 Å². The molecule has 1 atom stereocenters. The van der Waals surface area contributed by atoms with Gasteiger partial charge in [-0.15, -0.1) is 0 Å². The SMILES string of the molecule is CC(c1ccc(F)c(F)c1)N(C)S(=O)(=O)c1ccc(C(=O)NCC(F)(F)F)cc1. The zero-order valence-corrected chi connectivity index (χ0v) is 16.1. The number of nitrogens with zero attached hydrogens (tertiary/aromatic N) is 1. The molecule has 0 fully saturated rings. The van der Waals surface area contributed by atoms with E-state index in [0.717, 1.165) is 40.7 Å². The summed E-state index contributed by atoms with van der Waals surface area (Å²) in [7, 11) is -2.84. The number of carbonyl (C=O) groups excluding carboxylic acids is 1. The molecule has 2 aromatic rings. The van der Waals surface area contributed by atoms with Crippen LogP contribution in [0.15, 0.2) is 47.4 Å². The number of alkyl halides is 3. The smallest absolute Gasteiger partial charge is 0.343 e. The van der Waals surface area contributed by atoms with Crippen LogP contribution in [-0.2, 0) is 10.0 Å². The fraction of sp³-hybridized carbons (Fsp3) is 0.278. The van der Waals surface area contributed by atoms with Gasteiger partial charge in [0.25, 0.3) is 5.91 Å². The molecule has 0 saturated heterocycles. The normalized spacial score (nSPS) is 13.4. The second kappa shape index (κ2) is 8.46. The van der Waals surface area contributed by atoms with Crippen LogP contribution in [0.25, 0.3) is 0 Å². The van der Waals surface area contributed by atoms with Gasteiger partial charge in [-0.2, -0.15) is 17.5 Å². The number of hydrogen-bond acceptors (Lipinski definition) is 3. The fourth-order valence-corrected chi connectivity index (χ4v) is 3.77. The molecule has 0 spiro atoms. The topological polar surface area (TPSA) is 66.5 Å². The standard InChI is InChI=1S/C18H17F5N2O3S/c1-11(13-5-8-15(19)16(20)9-13)25(2)29(27,28)14-6-3-12(4-7-14)17(26)24-10-18(21,22)23/h3-9,11H,10H2,1-2H3,(H,24,26). The molecule has 2 aromatic carbocycles. The predicted octanol–water partition coefficient (Wildman–Crippen LogP) is 3.64. The Bertz CT molecular complexity index is 992. The maximum atomic E-state index is 13.4. The number of rotatable bonds is 6. The van der Waals surface area contributed by atoms with Gasteiger partial charge in [0, 0.05) is 18.7 Å². The largest absolute Gasteiger partial charge is 0.405 e. The van der Waals surface area contributed by atoms with Crippen molar-refractivity contribution in [3.8, 4) is 0 Å². The number of sulfonamides is 1. The maximum Gasteiger partial charge on any atom is 0.405 e. The molecule has 2 rings (SSSR count). The van der Waals surface area contributed by atoms with Gasteiger partial charge in [0.1, 0.15) is 6.54 Å². The number of halogens is 5. The summed E-state index contributed by atoms with van der Waals surface area (Å²) in [6.45, 7) is -0.0381. The summed E-state index contributed by atoms with van der Waals surface area (Å²) < 4.78 is 89.4. The lowest BCUT2D eigenvalue weighted by Crippen LogP contribution is -2.33. The molecular formula is C18H17F5N2O3S. The van der Waals surface area contributed by atoms with Crippen LogP contribution in [0.2, 0.25) is 0 Å². The summed E-state index contributed by atoms with van der Waals surface area (Å²) in [5, 5.41) is 1.68. The molecule has 1 amide bonds. The minimum absolute atomic E-state index is 0.149. The summed E-state index contributed by atoms with van der Waals surface area (Å²) in [6, 6.07) is 6.49. The Morgan fingerprint density at radius 2 is 1.66 bits per heavy atom. The van der Waals surface area contributed by atoms with E-state index in [0.29, 0.717) is 0 Å². The average molecular weight is 436 g/mol. The third kappa shape index (κ3) is 5.51. The van der Waals surface area contributed by atoms with Crippen molar-refractivity contribution in [3.05, 3.63) is 65.2 Å². The lowest BCUT2D eigenvalue weighted by molar-refractivity contribution is -0.123. The number of carbonyl (C=O) groups is 1. The molecule has 29 heavy (non-hydrogen) atoms. The van der Waals surface area contributed by atoms with Gasteiger partial charge < -0.3 is 5.32 Å². The highest BCUT2D eigenvalue weighted by Gasteiger charge is 2.29. The molecule has 11 heteroatoms. The highest BCUT2D eigenvalue weighted by Crippen LogP contribution is 2.27. The second-order valence-electron chi connectivity index (χ2n) is 6.19. The van der Waals surface area contributed by atoms with Crippen molar-refractivity contribution in [2.75, 3.05) is 13.6 Å². The number of hydrogen-bond donors (Lipinski definition) is 1. The van der Waals surface area contributed by atoms with E-state index in [4.69, 9.17) is 0 Å². The van der Waals surface area contributed by atoms with Gasteiger partial charge in [0.2, 0.25) is 10.0 Å². The average Bonchev–Trinajstić information content (AvgIpc) is 2.66. The molecule has 0 saturated carbocycles. The Hall–Kier alpha value is -2.53. The van der Waals surface area contributed by atoms with E-state index >= 15 is 0 Å². The molecule has 0 aliphatic rings. The third-order valence-electron chi connectivity index (χ3n) is 4.21. The van der Waals surface area contributed by atoms with Crippen molar-refractivity contribution in [2.45, 2.75) is 24.0 Å². The van der Waals surface area contributed by atoms with Crippen LogP contribution in [0, 0.1) is 11.6 Å². The second-order valence-corrected chi connectivity index (χ2v) is 8.19. The Morgan fingerprint density at radius 1 is 1.07 bits per heavy atom. The van der Waals surface area contributed by atoms with Gasteiger partial charge >= 0.3 is 6.18 Å². The minimum atomic E-state index is -4.57. The Kier molecular flexibility index (Phi) is 6.63. The zero-order chi connectivity index (χ0) is 22.0. The van der Waals surface area contributed by atoms with Crippen molar-refractivity contribution in [1.29, 1.82) is 0 Å². The monoisotopic (exact) mass is 436 g/mol. The fourth-order valence-electron chi connectivity index (χ4n) is 2.42. The van der Waals surface area contributed by atoms with Crippen LogP contribution in [0.1, 0.15) is 28.9 Å². The Balaban J connectivity index is 2.19. The van der Waals surface area contributed by atoms with E-state index in [-0.39, 0.29) is 16.0 Å². The van der Waals surface area contributed by atoms with E-state index in [1.54, 1.807) is 5.32 Å². The van der Waals surface area contributed by atoms with Crippen LogP contribution in [0.4, 0.5) is 22.0 Å². The van der Waals surface area contributed by atoms with Gasteiger partial charge in [0.05, 0.1) is 4.90 Å². The molecule has 5 nitrogen and oxygen atoms in total. The highest BCUT2D eigenvalue weighted by molar-refractivity contribution is 7.89. The van der Waals surface area contributed by atoms with E-state index in [1.165, 1.54) is 20.0 Å². The van der Waals surface area contributed by atoms with E-state index < -0.39 is 46.3 Å². The van der Waals surface area contributed by atoms with Crippen LogP contribution >= 0.6 is 0 Å². The summed E-state index contributed by atoms with van der Waals surface area (Å²) in [4.78, 5) is 11.5. The number of benzene rings is 2. The molecule has 0 aliphatic heterocycles. The Morgan fingerprint density at radius 3 is 2.17 bits per heavy atom. The molecule has 0 bridgehead atoms. The quantitative estimate of drug-likeness (QED) is 0.704. The van der Waals surface area contributed by atoms with Crippen molar-refractivity contribution >= 4 is 15.9 Å². The van der Waals surface area contributed by atoms with Crippen LogP contribution in [-0.4, -0.2) is 38.4 Å². The van der Waals surface area contributed by atoms with Crippen LogP contribution < -0.4 is 5.32 Å². The van der Waals surface area contributed by atoms with Crippen molar-refractivity contribution in [1.82, 2.24) is 9.62 Å². The first-order valence-corrected chi connectivity index (χ1v) is 9.65. The van der Waals surface area contributed by atoms with Crippen molar-refractivity contribution in [3.63, 3.8) is 0 Å². The van der Waals surface area contributed by atoms with E-state index in [1.807, 2.05) is 0 Å². The number of amides is 1. The summed E-state index contributed by atoms with van der Waals surface area (Å²) >= 11 is 0. The maximum absolute atomic E-state index is 13.4. The van der Waals surface area contributed by atoms with E-state index in [2.05, 4.69) is 0 Å². The first-order chi connectivity index (χ1) is 13.3. The van der Waals surface area contributed by atoms with Gasteiger partial charge in [-0.1, -0.05) is 6.07 Å². The molecule has 0 aromatic heterocycles. The van der Waals surface area contributed by atoms with Gasteiger partial charge in [0.15, 0.2) is 11.6 Å². The number of nitrogens with one attached hydrogen (secondary N) is 1. The molecule has 0 aliphatic carbocycles. The first kappa shape index (κ1) is 22.8. The van der Waals surface area contributed by atoms with Gasteiger partial charge in [-0.3, -0.25) is 4.79 Å². The minimum Gasteiger partial charge on any atom is -0.343 e. The first-order valence-electron chi connectivity index (χ1n) is 8.21. The van der Waals surface area contributed by atoms with Crippen LogP contribution in [0.3, 0.4) is 0 Å². The zero-order valence-electron chi connectivity index (χ0n) is 15.3. The summed E-state index contributed by atoms with van der Waals surface area (Å²) in [5.41, 5.74) is 0.0719. The molecule has 0 radical (unpaired) electrons. The molecular weight excluding hydrogens is 419 g/mol. The van der Waals surface area contributed by atoms with Gasteiger partial charge in [-0.25, -0.2) is 17.2 Å². The lowest BCUT2D eigenvalue weighted by Gasteiger charge is -2.25. The highest BCUT2D eigenvalue weighted by atomic mass is 32.2. The molecule has 1 N–H and O–H groups in total. The summed E-state index contributed by atoms with van der Waals surface area (Å²) in [5.74, 6) is -3.19. The Labute approximate surface area is 164 Å². The molecule has 1 unspecified atom stereocenters.